The molecule has 1 aliphatic rings. The van der Waals surface area contributed by atoms with Gasteiger partial charge in [-0.05, 0) is 44.5 Å². The summed E-state index contributed by atoms with van der Waals surface area (Å²) >= 11 is 0. The molecule has 1 aliphatic heterocycles. The van der Waals surface area contributed by atoms with E-state index in [-0.39, 0.29) is 11.9 Å². The van der Waals surface area contributed by atoms with E-state index in [0.717, 1.165) is 18.7 Å². The molecular weight excluding hydrogens is 238 g/mol. The minimum atomic E-state index is 0.0292. The predicted octanol–water partition coefficient (Wildman–Crippen LogP) is 1.68. The van der Waals surface area contributed by atoms with Crippen molar-refractivity contribution in [2.24, 2.45) is 0 Å². The Morgan fingerprint density at radius 1 is 1.37 bits per heavy atom. The molecule has 1 atom stereocenters. The Morgan fingerprint density at radius 2 is 2.11 bits per heavy atom. The number of benzene rings is 1. The molecule has 19 heavy (non-hydrogen) atoms. The van der Waals surface area contributed by atoms with Crippen molar-refractivity contribution in [3.63, 3.8) is 0 Å². The first kappa shape index (κ1) is 13.9. The van der Waals surface area contributed by atoms with E-state index < -0.39 is 0 Å². The zero-order chi connectivity index (χ0) is 13.7. The molecule has 4 heteroatoms. The van der Waals surface area contributed by atoms with E-state index in [0.29, 0.717) is 6.54 Å². The lowest BCUT2D eigenvalue weighted by molar-refractivity contribution is -0.120. The molecule has 104 valence electrons. The summed E-state index contributed by atoms with van der Waals surface area (Å²) in [4.78, 5) is 14.0. The van der Waals surface area contributed by atoms with Gasteiger partial charge in [-0.1, -0.05) is 12.1 Å². The minimum absolute atomic E-state index is 0.0292. The highest BCUT2D eigenvalue weighted by Gasteiger charge is 2.14. The molecule has 1 aromatic carbocycles. The molecule has 1 unspecified atom stereocenters. The molecule has 0 radical (unpaired) electrons. The maximum atomic E-state index is 11.6. The quantitative estimate of drug-likeness (QED) is 0.847. The summed E-state index contributed by atoms with van der Waals surface area (Å²) in [6, 6.07) is 8.53. The topological polar surface area (TPSA) is 44.4 Å². The number of hydrogen-bond donors (Lipinski definition) is 2. The van der Waals surface area contributed by atoms with Gasteiger partial charge in [-0.3, -0.25) is 4.79 Å². The number of carbonyl (C=O) groups is 1. The van der Waals surface area contributed by atoms with Crippen molar-refractivity contribution in [1.29, 1.82) is 0 Å². The van der Waals surface area contributed by atoms with Crippen LogP contribution in [0.3, 0.4) is 0 Å². The first-order valence-electron chi connectivity index (χ1n) is 6.99. The van der Waals surface area contributed by atoms with Gasteiger partial charge in [0.15, 0.2) is 0 Å². The monoisotopic (exact) mass is 261 g/mol. The van der Waals surface area contributed by atoms with Crippen LogP contribution in [0.4, 0.5) is 5.69 Å². The SMILES string of the molecule is CNCC(=O)NC(C)c1cccc(N2CCCC2)c1. The predicted molar refractivity (Wildman–Crippen MR) is 78.4 cm³/mol. The number of rotatable bonds is 5. The Kier molecular flexibility index (Phi) is 4.80. The van der Waals surface area contributed by atoms with E-state index in [1.54, 1.807) is 7.05 Å². The van der Waals surface area contributed by atoms with Gasteiger partial charge in [0.05, 0.1) is 12.6 Å². The summed E-state index contributed by atoms with van der Waals surface area (Å²) in [6.07, 6.45) is 2.55. The van der Waals surface area contributed by atoms with Gasteiger partial charge in [0, 0.05) is 18.8 Å². The van der Waals surface area contributed by atoms with E-state index in [1.165, 1.54) is 18.5 Å². The molecule has 0 bridgehead atoms. The molecule has 1 aromatic rings. The third kappa shape index (κ3) is 3.70. The number of hydrogen-bond acceptors (Lipinski definition) is 3. The number of amides is 1. The molecule has 1 fully saturated rings. The summed E-state index contributed by atoms with van der Waals surface area (Å²) in [7, 11) is 1.78. The van der Waals surface area contributed by atoms with Crippen molar-refractivity contribution in [2.75, 3.05) is 31.6 Å². The number of likely N-dealkylation sites (N-methyl/N-ethyl adjacent to an activating group) is 1. The molecule has 2 N–H and O–H groups in total. The average Bonchev–Trinajstić information content (AvgIpc) is 2.93. The molecule has 0 aliphatic carbocycles. The van der Waals surface area contributed by atoms with Crippen molar-refractivity contribution in [1.82, 2.24) is 10.6 Å². The van der Waals surface area contributed by atoms with Crippen LogP contribution in [0, 0.1) is 0 Å². The number of anilines is 1. The van der Waals surface area contributed by atoms with Crippen LogP contribution in [0.5, 0.6) is 0 Å². The maximum absolute atomic E-state index is 11.6. The van der Waals surface area contributed by atoms with E-state index in [4.69, 9.17) is 0 Å². The van der Waals surface area contributed by atoms with Crippen LogP contribution in [-0.2, 0) is 4.79 Å². The molecule has 0 spiro atoms. The maximum Gasteiger partial charge on any atom is 0.234 e. The van der Waals surface area contributed by atoms with Gasteiger partial charge in [-0.2, -0.15) is 0 Å². The Hall–Kier alpha value is -1.55. The Bertz CT molecular complexity index is 427. The van der Waals surface area contributed by atoms with Crippen LogP contribution in [-0.4, -0.2) is 32.6 Å². The van der Waals surface area contributed by atoms with Crippen LogP contribution >= 0.6 is 0 Å². The highest BCUT2D eigenvalue weighted by molar-refractivity contribution is 5.78. The highest BCUT2D eigenvalue weighted by atomic mass is 16.1. The third-order valence-corrected chi connectivity index (χ3v) is 3.56. The zero-order valence-electron chi connectivity index (χ0n) is 11.8. The lowest BCUT2D eigenvalue weighted by Gasteiger charge is -2.20. The number of nitrogens with one attached hydrogen (secondary N) is 2. The smallest absolute Gasteiger partial charge is 0.234 e. The Labute approximate surface area is 115 Å². The lowest BCUT2D eigenvalue weighted by Crippen LogP contribution is -2.34. The molecular formula is C15H23N3O. The molecule has 1 saturated heterocycles. The molecule has 1 heterocycles. The number of nitrogens with zero attached hydrogens (tertiary/aromatic N) is 1. The van der Waals surface area contributed by atoms with E-state index in [1.807, 2.05) is 6.92 Å². The second kappa shape index (κ2) is 6.57. The van der Waals surface area contributed by atoms with Gasteiger partial charge < -0.3 is 15.5 Å². The number of carbonyl (C=O) groups excluding carboxylic acids is 1. The zero-order valence-corrected chi connectivity index (χ0v) is 11.8. The Balaban J connectivity index is 2.03. The van der Waals surface area contributed by atoms with Gasteiger partial charge in [-0.15, -0.1) is 0 Å². The molecule has 4 nitrogen and oxygen atoms in total. The second-order valence-corrected chi connectivity index (χ2v) is 5.11. The van der Waals surface area contributed by atoms with Gasteiger partial charge in [0.1, 0.15) is 0 Å². The van der Waals surface area contributed by atoms with Crippen LogP contribution < -0.4 is 15.5 Å². The van der Waals surface area contributed by atoms with Crippen molar-refractivity contribution < 1.29 is 4.79 Å². The minimum Gasteiger partial charge on any atom is -0.372 e. The molecule has 0 saturated carbocycles. The van der Waals surface area contributed by atoms with Gasteiger partial charge in [0.2, 0.25) is 5.91 Å². The van der Waals surface area contributed by atoms with E-state index in [9.17, 15) is 4.79 Å². The Morgan fingerprint density at radius 3 is 2.79 bits per heavy atom. The van der Waals surface area contributed by atoms with Crippen LogP contribution in [0.15, 0.2) is 24.3 Å². The summed E-state index contributed by atoms with van der Waals surface area (Å²) < 4.78 is 0. The average molecular weight is 261 g/mol. The summed E-state index contributed by atoms with van der Waals surface area (Å²) in [5, 5.41) is 5.86. The fourth-order valence-electron chi connectivity index (χ4n) is 2.50. The van der Waals surface area contributed by atoms with Crippen LogP contribution in [0.25, 0.3) is 0 Å². The van der Waals surface area contributed by atoms with Crippen LogP contribution in [0.1, 0.15) is 31.4 Å². The fourth-order valence-corrected chi connectivity index (χ4v) is 2.50. The van der Waals surface area contributed by atoms with Crippen LogP contribution in [0.2, 0.25) is 0 Å². The first-order chi connectivity index (χ1) is 9.20. The lowest BCUT2D eigenvalue weighted by atomic mass is 10.1. The first-order valence-corrected chi connectivity index (χ1v) is 6.99. The van der Waals surface area contributed by atoms with Crippen molar-refractivity contribution in [3.05, 3.63) is 29.8 Å². The summed E-state index contributed by atoms with van der Waals surface area (Å²) in [6.45, 7) is 4.67. The van der Waals surface area contributed by atoms with Crippen molar-refractivity contribution in [2.45, 2.75) is 25.8 Å². The van der Waals surface area contributed by atoms with Gasteiger partial charge >= 0.3 is 0 Å². The van der Waals surface area contributed by atoms with Gasteiger partial charge in [0.25, 0.3) is 0 Å². The summed E-state index contributed by atoms with van der Waals surface area (Å²) in [5.74, 6) is 0.0292. The highest BCUT2D eigenvalue weighted by Crippen LogP contribution is 2.23. The van der Waals surface area contributed by atoms with Gasteiger partial charge in [-0.25, -0.2) is 0 Å². The third-order valence-electron chi connectivity index (χ3n) is 3.56. The largest absolute Gasteiger partial charge is 0.372 e. The van der Waals surface area contributed by atoms with Crippen molar-refractivity contribution in [3.8, 4) is 0 Å². The fraction of sp³-hybridized carbons (Fsp3) is 0.533. The standard InChI is InChI=1S/C15H23N3O/c1-12(17-15(19)11-16-2)13-6-5-7-14(10-13)18-8-3-4-9-18/h5-7,10,12,16H,3-4,8-9,11H2,1-2H3,(H,17,19). The van der Waals surface area contributed by atoms with E-state index in [2.05, 4.69) is 39.8 Å². The molecule has 0 aromatic heterocycles. The van der Waals surface area contributed by atoms with Crippen molar-refractivity contribution >= 4 is 11.6 Å². The summed E-state index contributed by atoms with van der Waals surface area (Å²) in [5.41, 5.74) is 2.43. The normalized spacial score (nSPS) is 16.4. The second-order valence-electron chi connectivity index (χ2n) is 5.11. The molecule has 1 amide bonds. The van der Waals surface area contributed by atoms with E-state index >= 15 is 0 Å². The molecule has 2 rings (SSSR count).